The van der Waals surface area contributed by atoms with Crippen molar-refractivity contribution in [2.24, 2.45) is 11.8 Å². The van der Waals surface area contributed by atoms with Crippen LogP contribution in [0.2, 0.25) is 0 Å². The summed E-state index contributed by atoms with van der Waals surface area (Å²) in [6.45, 7) is 0.0833. The zero-order valence-corrected chi connectivity index (χ0v) is 9.61. The number of amides is 1. The van der Waals surface area contributed by atoms with Crippen molar-refractivity contribution in [2.45, 2.75) is 37.9 Å². The first-order chi connectivity index (χ1) is 8.30. The van der Waals surface area contributed by atoms with Gasteiger partial charge in [0.05, 0.1) is 5.92 Å². The molecule has 0 aromatic rings. The Balaban J connectivity index is 2.11. The summed E-state index contributed by atoms with van der Waals surface area (Å²) in [5, 5.41) is 8.92. The Kier molecular flexibility index (Phi) is 3.25. The molecule has 7 heteroatoms. The van der Waals surface area contributed by atoms with Gasteiger partial charge >= 0.3 is 18.1 Å². The first-order valence-corrected chi connectivity index (χ1v) is 5.91. The maximum Gasteiger partial charge on any atom is 0.471 e. The lowest BCUT2D eigenvalue weighted by Gasteiger charge is -2.34. The summed E-state index contributed by atoms with van der Waals surface area (Å²) in [7, 11) is 0. The van der Waals surface area contributed by atoms with Crippen LogP contribution < -0.4 is 0 Å². The highest BCUT2D eigenvalue weighted by Gasteiger charge is 2.50. The van der Waals surface area contributed by atoms with E-state index in [2.05, 4.69) is 0 Å². The molecular formula is C11H14F3NO3. The Hall–Kier alpha value is -1.27. The highest BCUT2D eigenvalue weighted by molar-refractivity contribution is 5.82. The molecule has 0 aromatic carbocycles. The summed E-state index contributed by atoms with van der Waals surface area (Å²) >= 11 is 0. The molecular weight excluding hydrogens is 251 g/mol. The quantitative estimate of drug-likeness (QED) is 0.784. The van der Waals surface area contributed by atoms with Crippen LogP contribution in [-0.2, 0) is 9.59 Å². The molecule has 2 aliphatic rings. The van der Waals surface area contributed by atoms with Crippen LogP contribution in [-0.4, -0.2) is 40.6 Å². The highest BCUT2D eigenvalue weighted by Crippen LogP contribution is 2.40. The molecule has 1 saturated heterocycles. The monoisotopic (exact) mass is 265 g/mol. The first kappa shape index (κ1) is 13.2. The van der Waals surface area contributed by atoms with E-state index < -0.39 is 30.0 Å². The molecule has 2 rings (SSSR count). The van der Waals surface area contributed by atoms with Crippen molar-refractivity contribution in [3.05, 3.63) is 0 Å². The van der Waals surface area contributed by atoms with Gasteiger partial charge in [-0.25, -0.2) is 0 Å². The molecule has 1 heterocycles. The molecule has 1 unspecified atom stereocenters. The second kappa shape index (κ2) is 4.44. The standard InChI is InChI=1S/C11H14F3NO3/c12-11(13,14)10(18)15-4-3-6-1-2-7(9(16)17)5-8(6)15/h6-8H,1-5H2,(H,16,17)/t6-,7?,8-/m1/s1. The van der Waals surface area contributed by atoms with Gasteiger partial charge in [-0.05, 0) is 31.6 Å². The maximum absolute atomic E-state index is 12.4. The fourth-order valence-corrected chi connectivity index (χ4v) is 3.04. The first-order valence-electron chi connectivity index (χ1n) is 5.91. The number of carbonyl (C=O) groups is 2. The third-order valence-corrected chi connectivity index (χ3v) is 3.95. The van der Waals surface area contributed by atoms with E-state index in [4.69, 9.17) is 5.11 Å². The summed E-state index contributed by atoms with van der Waals surface area (Å²) in [5.41, 5.74) is 0. The van der Waals surface area contributed by atoms with E-state index in [1.165, 1.54) is 0 Å². The Morgan fingerprint density at radius 1 is 1.17 bits per heavy atom. The van der Waals surface area contributed by atoms with Gasteiger partial charge in [0, 0.05) is 12.6 Å². The molecule has 1 saturated carbocycles. The van der Waals surface area contributed by atoms with Crippen LogP contribution >= 0.6 is 0 Å². The molecule has 0 spiro atoms. The van der Waals surface area contributed by atoms with Crippen molar-refractivity contribution in [3.63, 3.8) is 0 Å². The molecule has 4 nitrogen and oxygen atoms in total. The average molecular weight is 265 g/mol. The molecule has 1 amide bonds. The lowest BCUT2D eigenvalue weighted by atomic mass is 9.78. The van der Waals surface area contributed by atoms with E-state index in [-0.39, 0.29) is 18.9 Å². The third-order valence-electron chi connectivity index (χ3n) is 3.95. The Morgan fingerprint density at radius 2 is 1.83 bits per heavy atom. The van der Waals surface area contributed by atoms with E-state index in [9.17, 15) is 22.8 Å². The number of alkyl halides is 3. The summed E-state index contributed by atoms with van der Waals surface area (Å²) in [6.07, 6.45) is -3.11. The van der Waals surface area contributed by atoms with Gasteiger partial charge in [-0.15, -0.1) is 0 Å². The number of carboxylic acids is 1. The van der Waals surface area contributed by atoms with E-state index >= 15 is 0 Å². The molecule has 0 bridgehead atoms. The Labute approximate surface area is 102 Å². The second-order valence-corrected chi connectivity index (χ2v) is 4.96. The van der Waals surface area contributed by atoms with Gasteiger partial charge in [-0.3, -0.25) is 9.59 Å². The van der Waals surface area contributed by atoms with Crippen molar-refractivity contribution in [2.75, 3.05) is 6.54 Å². The summed E-state index contributed by atoms with van der Waals surface area (Å²) < 4.78 is 37.2. The number of hydrogen-bond donors (Lipinski definition) is 1. The van der Waals surface area contributed by atoms with Crippen LogP contribution in [0.3, 0.4) is 0 Å². The van der Waals surface area contributed by atoms with E-state index in [1.807, 2.05) is 0 Å². The second-order valence-electron chi connectivity index (χ2n) is 4.96. The zero-order valence-electron chi connectivity index (χ0n) is 9.61. The largest absolute Gasteiger partial charge is 0.481 e. The maximum atomic E-state index is 12.4. The number of likely N-dealkylation sites (tertiary alicyclic amines) is 1. The van der Waals surface area contributed by atoms with Crippen molar-refractivity contribution < 1.29 is 27.9 Å². The van der Waals surface area contributed by atoms with Crippen molar-refractivity contribution in [3.8, 4) is 0 Å². The highest BCUT2D eigenvalue weighted by atomic mass is 19.4. The summed E-state index contributed by atoms with van der Waals surface area (Å²) in [6, 6.07) is -0.561. The van der Waals surface area contributed by atoms with E-state index in [0.29, 0.717) is 19.3 Å². The van der Waals surface area contributed by atoms with Crippen LogP contribution in [0.4, 0.5) is 13.2 Å². The molecule has 102 valence electrons. The van der Waals surface area contributed by atoms with E-state index in [0.717, 1.165) is 4.90 Å². The SMILES string of the molecule is O=C(O)C1CC[C@@H]2CCN(C(=O)C(F)(F)F)[C@@H]2C1. The fraction of sp³-hybridized carbons (Fsp3) is 0.818. The normalized spacial score (nSPS) is 32.2. The topological polar surface area (TPSA) is 57.6 Å². The molecule has 0 aromatic heterocycles. The van der Waals surface area contributed by atoms with Crippen LogP contribution in [0.1, 0.15) is 25.7 Å². The molecule has 1 aliphatic carbocycles. The minimum absolute atomic E-state index is 0.0203. The van der Waals surface area contributed by atoms with Gasteiger partial charge in [0.15, 0.2) is 0 Å². The minimum Gasteiger partial charge on any atom is -0.481 e. The molecule has 18 heavy (non-hydrogen) atoms. The lowest BCUT2D eigenvalue weighted by molar-refractivity contribution is -0.187. The average Bonchev–Trinajstić information content (AvgIpc) is 2.68. The number of carboxylic acid groups (broad SMARTS) is 1. The lowest BCUT2D eigenvalue weighted by Crippen LogP contribution is -2.47. The van der Waals surface area contributed by atoms with Crippen LogP contribution in [0.15, 0.2) is 0 Å². The van der Waals surface area contributed by atoms with Crippen LogP contribution in [0, 0.1) is 11.8 Å². The molecule has 1 N–H and O–H groups in total. The van der Waals surface area contributed by atoms with Crippen LogP contribution in [0.5, 0.6) is 0 Å². The van der Waals surface area contributed by atoms with Gasteiger partial charge in [0.25, 0.3) is 0 Å². The Morgan fingerprint density at radius 3 is 2.39 bits per heavy atom. The van der Waals surface area contributed by atoms with Crippen molar-refractivity contribution in [1.29, 1.82) is 0 Å². The van der Waals surface area contributed by atoms with Gasteiger partial charge in [-0.2, -0.15) is 13.2 Å². The molecule has 1 aliphatic heterocycles. The fourth-order valence-electron chi connectivity index (χ4n) is 3.04. The predicted molar refractivity (Wildman–Crippen MR) is 54.6 cm³/mol. The number of nitrogens with zero attached hydrogens (tertiary/aromatic N) is 1. The zero-order chi connectivity index (χ0) is 13.5. The van der Waals surface area contributed by atoms with Gasteiger partial charge < -0.3 is 10.0 Å². The molecule has 3 atom stereocenters. The molecule has 0 radical (unpaired) electrons. The van der Waals surface area contributed by atoms with Crippen molar-refractivity contribution in [1.82, 2.24) is 4.90 Å². The smallest absolute Gasteiger partial charge is 0.471 e. The number of rotatable bonds is 1. The number of halogens is 3. The van der Waals surface area contributed by atoms with Crippen molar-refractivity contribution >= 4 is 11.9 Å². The minimum atomic E-state index is -4.87. The molecule has 2 fully saturated rings. The number of hydrogen-bond acceptors (Lipinski definition) is 2. The van der Waals surface area contributed by atoms with Gasteiger partial charge in [0.2, 0.25) is 0 Å². The van der Waals surface area contributed by atoms with Gasteiger partial charge in [0.1, 0.15) is 0 Å². The third kappa shape index (κ3) is 2.30. The van der Waals surface area contributed by atoms with Gasteiger partial charge in [-0.1, -0.05) is 0 Å². The van der Waals surface area contributed by atoms with Crippen LogP contribution in [0.25, 0.3) is 0 Å². The number of carbonyl (C=O) groups excluding carboxylic acids is 1. The Bertz CT molecular complexity index is 369. The summed E-state index contributed by atoms with van der Waals surface area (Å²) in [4.78, 5) is 23.0. The number of aliphatic carboxylic acids is 1. The predicted octanol–water partition coefficient (Wildman–Crippen LogP) is 1.65. The number of fused-ring (bicyclic) bond motifs is 1. The van der Waals surface area contributed by atoms with E-state index in [1.54, 1.807) is 0 Å². The summed E-state index contributed by atoms with van der Waals surface area (Å²) in [5.74, 6) is -3.43.